The van der Waals surface area contributed by atoms with Crippen molar-refractivity contribution in [3.63, 3.8) is 0 Å². The van der Waals surface area contributed by atoms with Crippen molar-refractivity contribution in [2.45, 2.75) is 6.54 Å². The second kappa shape index (κ2) is 5.49. The van der Waals surface area contributed by atoms with Gasteiger partial charge in [-0.05, 0) is 39.7 Å². The Balaban J connectivity index is 2.28. The maximum atomic E-state index is 6.05. The van der Waals surface area contributed by atoms with Gasteiger partial charge in [-0.15, -0.1) is 0 Å². The summed E-state index contributed by atoms with van der Waals surface area (Å²) in [5, 5.41) is 0.448. The summed E-state index contributed by atoms with van der Waals surface area (Å²) in [4.78, 5) is 4.13. The van der Waals surface area contributed by atoms with Gasteiger partial charge in [0.15, 0.2) is 0 Å². The third kappa shape index (κ3) is 2.97. The molecule has 1 heterocycles. The van der Waals surface area contributed by atoms with Gasteiger partial charge in [0.25, 0.3) is 0 Å². The number of hydrogen-bond acceptors (Lipinski definition) is 3. The number of nitrogens with two attached hydrogens (primary N) is 1. The lowest BCUT2D eigenvalue weighted by Crippen LogP contribution is -1.98. The molecule has 0 saturated carbocycles. The standard InChI is InChI=1S/C12H10BrClN2O/c13-9-3-1-2-4-11(9)17-12-10(14)5-8(6-15)7-16-12/h1-5,7H,6,15H2. The van der Waals surface area contributed by atoms with Crippen LogP contribution in [0.2, 0.25) is 5.02 Å². The molecule has 2 aromatic rings. The highest BCUT2D eigenvalue weighted by molar-refractivity contribution is 9.10. The van der Waals surface area contributed by atoms with Crippen molar-refractivity contribution in [3.05, 3.63) is 51.6 Å². The topological polar surface area (TPSA) is 48.1 Å². The molecule has 0 aliphatic heterocycles. The fraction of sp³-hybridized carbons (Fsp3) is 0.0833. The Morgan fingerprint density at radius 1 is 1.35 bits per heavy atom. The van der Waals surface area contributed by atoms with E-state index in [1.807, 2.05) is 24.3 Å². The second-order valence-corrected chi connectivity index (χ2v) is 4.63. The molecule has 17 heavy (non-hydrogen) atoms. The van der Waals surface area contributed by atoms with Crippen molar-refractivity contribution in [2.75, 3.05) is 0 Å². The summed E-state index contributed by atoms with van der Waals surface area (Å²) in [5.41, 5.74) is 6.37. The van der Waals surface area contributed by atoms with Gasteiger partial charge in [0.2, 0.25) is 5.88 Å². The number of para-hydroxylation sites is 1. The first kappa shape index (κ1) is 12.4. The van der Waals surface area contributed by atoms with Crippen molar-refractivity contribution < 1.29 is 4.74 Å². The maximum absolute atomic E-state index is 6.05. The van der Waals surface area contributed by atoms with E-state index in [0.29, 0.717) is 23.2 Å². The third-order valence-electron chi connectivity index (χ3n) is 2.14. The molecule has 0 aliphatic rings. The lowest BCUT2D eigenvalue weighted by atomic mass is 10.3. The molecule has 1 aromatic carbocycles. The number of aromatic nitrogens is 1. The minimum Gasteiger partial charge on any atom is -0.436 e. The van der Waals surface area contributed by atoms with Crippen molar-refractivity contribution in [1.82, 2.24) is 4.98 Å². The summed E-state index contributed by atoms with van der Waals surface area (Å²) >= 11 is 9.44. The molecule has 0 radical (unpaired) electrons. The van der Waals surface area contributed by atoms with Crippen LogP contribution in [0.3, 0.4) is 0 Å². The first-order valence-electron chi connectivity index (χ1n) is 4.97. The van der Waals surface area contributed by atoms with Gasteiger partial charge in [0, 0.05) is 12.7 Å². The molecule has 0 spiro atoms. The molecule has 2 N–H and O–H groups in total. The summed E-state index contributed by atoms with van der Waals surface area (Å²) < 4.78 is 6.46. The fourth-order valence-electron chi connectivity index (χ4n) is 1.28. The quantitative estimate of drug-likeness (QED) is 0.939. The van der Waals surface area contributed by atoms with Crippen LogP contribution >= 0.6 is 27.5 Å². The average molecular weight is 314 g/mol. The van der Waals surface area contributed by atoms with Crippen LogP contribution in [0, 0.1) is 0 Å². The van der Waals surface area contributed by atoms with E-state index in [2.05, 4.69) is 20.9 Å². The van der Waals surface area contributed by atoms with Gasteiger partial charge >= 0.3 is 0 Å². The van der Waals surface area contributed by atoms with Crippen LogP contribution in [0.5, 0.6) is 11.6 Å². The van der Waals surface area contributed by atoms with Gasteiger partial charge in [-0.25, -0.2) is 4.98 Å². The van der Waals surface area contributed by atoms with Gasteiger partial charge in [0.05, 0.1) is 4.47 Å². The van der Waals surface area contributed by atoms with E-state index in [9.17, 15) is 0 Å². The maximum Gasteiger partial charge on any atom is 0.238 e. The number of benzene rings is 1. The van der Waals surface area contributed by atoms with Crippen molar-refractivity contribution in [3.8, 4) is 11.6 Å². The molecule has 0 unspecified atom stereocenters. The lowest BCUT2D eigenvalue weighted by molar-refractivity contribution is 0.460. The normalized spacial score (nSPS) is 10.3. The molecule has 0 saturated heterocycles. The Hall–Kier alpha value is -1.10. The molecular formula is C12H10BrClN2O. The number of nitrogens with zero attached hydrogens (tertiary/aromatic N) is 1. The number of ether oxygens (including phenoxy) is 1. The van der Waals surface area contributed by atoms with Crippen LogP contribution in [0.25, 0.3) is 0 Å². The zero-order chi connectivity index (χ0) is 12.3. The molecule has 2 rings (SSSR count). The van der Waals surface area contributed by atoms with Crippen LogP contribution < -0.4 is 10.5 Å². The third-order valence-corrected chi connectivity index (χ3v) is 3.07. The van der Waals surface area contributed by atoms with Crippen LogP contribution in [0.15, 0.2) is 41.0 Å². The largest absolute Gasteiger partial charge is 0.436 e. The predicted molar refractivity (Wildman–Crippen MR) is 71.4 cm³/mol. The van der Waals surface area contributed by atoms with Gasteiger partial charge in [0.1, 0.15) is 10.8 Å². The summed E-state index contributed by atoms with van der Waals surface area (Å²) in [7, 11) is 0. The molecule has 3 nitrogen and oxygen atoms in total. The molecular weight excluding hydrogens is 304 g/mol. The van der Waals surface area contributed by atoms with E-state index in [0.717, 1.165) is 10.0 Å². The van der Waals surface area contributed by atoms with Crippen LogP contribution in [-0.4, -0.2) is 4.98 Å². The van der Waals surface area contributed by atoms with E-state index in [-0.39, 0.29) is 0 Å². The first-order valence-corrected chi connectivity index (χ1v) is 6.14. The molecule has 88 valence electrons. The SMILES string of the molecule is NCc1cnc(Oc2ccccc2Br)c(Cl)c1. The smallest absolute Gasteiger partial charge is 0.238 e. The van der Waals surface area contributed by atoms with Crippen LogP contribution in [0.1, 0.15) is 5.56 Å². The fourth-order valence-corrected chi connectivity index (χ4v) is 1.88. The van der Waals surface area contributed by atoms with E-state index in [4.69, 9.17) is 22.1 Å². The number of hydrogen-bond donors (Lipinski definition) is 1. The lowest BCUT2D eigenvalue weighted by Gasteiger charge is -2.08. The molecule has 1 aromatic heterocycles. The highest BCUT2D eigenvalue weighted by atomic mass is 79.9. The number of halogens is 2. The Kier molecular flexibility index (Phi) is 3.99. The van der Waals surface area contributed by atoms with E-state index >= 15 is 0 Å². The van der Waals surface area contributed by atoms with Gasteiger partial charge in [-0.1, -0.05) is 23.7 Å². The van der Waals surface area contributed by atoms with Crippen molar-refractivity contribution in [2.24, 2.45) is 5.73 Å². The number of rotatable bonds is 3. The second-order valence-electron chi connectivity index (χ2n) is 3.37. The van der Waals surface area contributed by atoms with Crippen LogP contribution in [0.4, 0.5) is 0 Å². The molecule has 0 atom stereocenters. The van der Waals surface area contributed by atoms with Gasteiger partial charge in [-0.3, -0.25) is 0 Å². The minimum absolute atomic E-state index is 0.371. The van der Waals surface area contributed by atoms with E-state index in [1.54, 1.807) is 12.3 Å². The minimum atomic E-state index is 0.371. The molecule has 5 heteroatoms. The van der Waals surface area contributed by atoms with E-state index in [1.165, 1.54) is 0 Å². The Morgan fingerprint density at radius 3 is 2.76 bits per heavy atom. The Morgan fingerprint density at radius 2 is 2.12 bits per heavy atom. The summed E-state index contributed by atoms with van der Waals surface area (Å²) in [5.74, 6) is 1.04. The molecule has 0 bridgehead atoms. The van der Waals surface area contributed by atoms with Crippen LogP contribution in [-0.2, 0) is 6.54 Å². The zero-order valence-electron chi connectivity index (χ0n) is 8.86. The monoisotopic (exact) mass is 312 g/mol. The highest BCUT2D eigenvalue weighted by Crippen LogP contribution is 2.32. The van der Waals surface area contributed by atoms with Gasteiger partial charge < -0.3 is 10.5 Å². The predicted octanol–water partition coefficient (Wildman–Crippen LogP) is 3.75. The molecule has 0 aliphatic carbocycles. The zero-order valence-corrected chi connectivity index (χ0v) is 11.2. The molecule has 0 fully saturated rings. The Labute approximate surface area is 113 Å². The van der Waals surface area contributed by atoms with Crippen molar-refractivity contribution in [1.29, 1.82) is 0 Å². The van der Waals surface area contributed by atoms with E-state index < -0.39 is 0 Å². The number of pyridine rings is 1. The summed E-state index contributed by atoms with van der Waals surface area (Å²) in [6.45, 7) is 0.405. The van der Waals surface area contributed by atoms with Crippen molar-refractivity contribution >= 4 is 27.5 Å². The van der Waals surface area contributed by atoms with Gasteiger partial charge in [-0.2, -0.15) is 0 Å². The summed E-state index contributed by atoms with van der Waals surface area (Å²) in [6, 6.07) is 9.25. The highest BCUT2D eigenvalue weighted by Gasteiger charge is 2.07. The summed E-state index contributed by atoms with van der Waals surface area (Å²) in [6.07, 6.45) is 1.65. The average Bonchev–Trinajstić information content (AvgIpc) is 2.34. The Bertz CT molecular complexity index is 534. The first-order chi connectivity index (χ1) is 8.20. The molecule has 0 amide bonds.